The van der Waals surface area contributed by atoms with Gasteiger partial charge in [-0.2, -0.15) is 10.0 Å². The summed E-state index contributed by atoms with van der Waals surface area (Å²) in [5.74, 6) is 0.0274. The summed E-state index contributed by atoms with van der Waals surface area (Å²) in [6, 6.07) is 3.91. The van der Waals surface area contributed by atoms with Crippen molar-refractivity contribution >= 4 is 39.0 Å². The van der Waals surface area contributed by atoms with Crippen LogP contribution in [0.4, 0.5) is 15.9 Å². The number of nitrogens with one attached hydrogen (secondary N) is 3. The zero-order chi connectivity index (χ0) is 17.7. The molecule has 1 heterocycles. The quantitative estimate of drug-likeness (QED) is 0.147. The Bertz CT molecular complexity index is 791. The third-order valence-electron chi connectivity index (χ3n) is 2.86. The Morgan fingerprint density at radius 3 is 2.92 bits per heavy atom. The number of nitrogens with zero attached hydrogens (tertiary/aromatic N) is 3. The molecular formula is C12H17ClFN7O2S. The SMILES string of the molecule is C[SH](=N)(N)CCNc1nonc1/C(=N/O)Nc1ccc(F)c(Cl)c1. The third kappa shape index (κ3) is 4.88. The number of oxime groups is 1. The highest BCUT2D eigenvalue weighted by molar-refractivity contribution is 8.01. The van der Waals surface area contributed by atoms with Gasteiger partial charge in [0, 0.05) is 18.0 Å². The Labute approximate surface area is 143 Å². The molecule has 132 valence electrons. The van der Waals surface area contributed by atoms with Crippen LogP contribution in [0.5, 0.6) is 0 Å². The van der Waals surface area contributed by atoms with Crippen LogP contribution in [0.3, 0.4) is 0 Å². The number of thiol groups is 1. The molecule has 0 radical (unpaired) electrons. The molecule has 2 aromatic rings. The van der Waals surface area contributed by atoms with E-state index in [2.05, 4.69) is 30.7 Å². The summed E-state index contributed by atoms with van der Waals surface area (Å²) in [4.78, 5) is 0. The number of nitrogens with two attached hydrogens (primary N) is 1. The van der Waals surface area contributed by atoms with Gasteiger partial charge in [0.1, 0.15) is 5.82 Å². The maximum atomic E-state index is 13.2. The zero-order valence-electron chi connectivity index (χ0n) is 12.6. The normalized spacial score (nSPS) is 12.9. The standard InChI is InChI=1S/C12H17ClFN7O2S/c1-24(15,16)5-4-17-11-10(20-23-21-11)12(19-22)18-7-2-3-9(14)8(13)6-7/h2-3,6,22,24H,4-5H2,1H3,(H3,15,16)(H,17,21)(H,18,19). The topological polar surface area (TPSA) is 145 Å². The molecule has 0 atom stereocenters. The second-order valence-electron chi connectivity index (χ2n) is 5.08. The van der Waals surface area contributed by atoms with Gasteiger partial charge in [0.25, 0.3) is 0 Å². The van der Waals surface area contributed by atoms with E-state index in [1.165, 1.54) is 18.2 Å². The molecule has 2 rings (SSSR count). The summed E-state index contributed by atoms with van der Waals surface area (Å²) in [7, 11) is -2.18. The van der Waals surface area contributed by atoms with Gasteiger partial charge in [0.05, 0.1) is 5.02 Å². The first-order valence-corrected chi connectivity index (χ1v) is 9.57. The van der Waals surface area contributed by atoms with Crippen molar-refractivity contribution in [2.45, 2.75) is 0 Å². The van der Waals surface area contributed by atoms with Crippen LogP contribution in [0.15, 0.2) is 28.0 Å². The number of aromatic nitrogens is 2. The van der Waals surface area contributed by atoms with Crippen molar-refractivity contribution in [3.63, 3.8) is 0 Å². The van der Waals surface area contributed by atoms with Crippen molar-refractivity contribution in [2.24, 2.45) is 10.3 Å². The van der Waals surface area contributed by atoms with Crippen molar-refractivity contribution in [1.29, 1.82) is 4.78 Å². The van der Waals surface area contributed by atoms with Gasteiger partial charge in [-0.05, 0) is 34.8 Å². The highest BCUT2D eigenvalue weighted by atomic mass is 35.5. The van der Waals surface area contributed by atoms with E-state index >= 15 is 0 Å². The summed E-state index contributed by atoms with van der Waals surface area (Å²) in [5.41, 5.74) is 0.495. The van der Waals surface area contributed by atoms with Crippen LogP contribution in [0.2, 0.25) is 5.02 Å². The van der Waals surface area contributed by atoms with Crippen molar-refractivity contribution in [2.75, 3.05) is 29.2 Å². The van der Waals surface area contributed by atoms with Crippen LogP contribution in [0, 0.1) is 10.6 Å². The number of hydrogen-bond donors (Lipinski definition) is 6. The molecule has 12 heteroatoms. The number of hydrogen-bond acceptors (Lipinski definition) is 7. The molecule has 1 aromatic carbocycles. The van der Waals surface area contributed by atoms with Crippen LogP contribution in [-0.4, -0.2) is 39.9 Å². The van der Waals surface area contributed by atoms with E-state index in [-0.39, 0.29) is 22.4 Å². The average Bonchev–Trinajstić information content (AvgIpc) is 2.95. The maximum Gasteiger partial charge on any atom is 0.203 e. The lowest BCUT2D eigenvalue weighted by atomic mass is 10.3. The number of anilines is 2. The van der Waals surface area contributed by atoms with E-state index in [4.69, 9.17) is 21.5 Å². The molecule has 9 nitrogen and oxygen atoms in total. The molecule has 0 amide bonds. The van der Waals surface area contributed by atoms with E-state index in [1.54, 1.807) is 6.26 Å². The second kappa shape index (κ2) is 7.55. The Morgan fingerprint density at radius 2 is 2.29 bits per heavy atom. The first-order valence-electron chi connectivity index (χ1n) is 6.70. The van der Waals surface area contributed by atoms with Gasteiger partial charge in [-0.3, -0.25) is 9.92 Å². The highest BCUT2D eigenvalue weighted by Gasteiger charge is 2.18. The molecule has 0 aliphatic heterocycles. The maximum absolute atomic E-state index is 13.2. The lowest BCUT2D eigenvalue weighted by molar-refractivity contribution is 0.305. The second-order valence-corrected chi connectivity index (χ2v) is 8.47. The van der Waals surface area contributed by atoms with Crippen LogP contribution in [-0.2, 0) is 10.0 Å². The first-order chi connectivity index (χ1) is 11.3. The Kier molecular flexibility index (Phi) is 5.70. The van der Waals surface area contributed by atoms with Gasteiger partial charge in [0.2, 0.25) is 11.7 Å². The molecule has 24 heavy (non-hydrogen) atoms. The van der Waals surface area contributed by atoms with Crippen LogP contribution >= 0.6 is 11.6 Å². The van der Waals surface area contributed by atoms with Gasteiger partial charge < -0.3 is 15.8 Å². The number of halogens is 2. The molecule has 0 unspecified atom stereocenters. The monoisotopic (exact) mass is 377 g/mol. The summed E-state index contributed by atoms with van der Waals surface area (Å²) < 4.78 is 25.5. The fourth-order valence-electron chi connectivity index (χ4n) is 1.71. The Morgan fingerprint density at radius 1 is 1.54 bits per heavy atom. The van der Waals surface area contributed by atoms with Crippen molar-refractivity contribution < 1.29 is 14.2 Å². The summed E-state index contributed by atoms with van der Waals surface area (Å²) in [6.07, 6.45) is 1.68. The van der Waals surface area contributed by atoms with Crippen LogP contribution in [0.25, 0.3) is 0 Å². The van der Waals surface area contributed by atoms with Crippen molar-refractivity contribution in [3.8, 4) is 0 Å². The lowest BCUT2D eigenvalue weighted by Gasteiger charge is -2.15. The minimum Gasteiger partial charge on any atom is -0.409 e. The van der Waals surface area contributed by atoms with Crippen LogP contribution < -0.4 is 15.8 Å². The molecule has 0 bridgehead atoms. The van der Waals surface area contributed by atoms with Gasteiger partial charge in [0.15, 0.2) is 5.69 Å². The highest BCUT2D eigenvalue weighted by Crippen LogP contribution is 2.21. The summed E-state index contributed by atoms with van der Waals surface area (Å²) >= 11 is 5.71. The Hall–Kier alpha value is -2.24. The van der Waals surface area contributed by atoms with Crippen LogP contribution in [0.1, 0.15) is 5.69 Å². The van der Waals surface area contributed by atoms with Crippen molar-refractivity contribution in [1.82, 2.24) is 10.3 Å². The van der Waals surface area contributed by atoms with E-state index in [1.807, 2.05) is 0 Å². The van der Waals surface area contributed by atoms with E-state index in [9.17, 15) is 9.60 Å². The van der Waals surface area contributed by atoms with Gasteiger partial charge in [-0.25, -0.2) is 9.02 Å². The Balaban J connectivity index is 2.12. The molecule has 0 saturated heterocycles. The fourth-order valence-corrected chi connectivity index (χ4v) is 2.47. The molecule has 1 aromatic heterocycles. The van der Waals surface area contributed by atoms with Gasteiger partial charge in [-0.1, -0.05) is 16.8 Å². The minimum absolute atomic E-state index is 0.0717. The first kappa shape index (κ1) is 18.1. The molecular weight excluding hydrogens is 361 g/mol. The summed E-state index contributed by atoms with van der Waals surface area (Å²) in [6.45, 7) is 0.382. The van der Waals surface area contributed by atoms with Crippen molar-refractivity contribution in [3.05, 3.63) is 34.7 Å². The number of rotatable bonds is 6. The minimum atomic E-state index is -2.18. The predicted molar refractivity (Wildman–Crippen MR) is 92.6 cm³/mol. The average molecular weight is 378 g/mol. The van der Waals surface area contributed by atoms with Gasteiger partial charge in [-0.15, -0.1) is 0 Å². The van der Waals surface area contributed by atoms with E-state index < -0.39 is 15.8 Å². The fraction of sp³-hybridized carbons (Fsp3) is 0.250. The smallest absolute Gasteiger partial charge is 0.203 e. The number of benzene rings is 1. The zero-order valence-corrected chi connectivity index (χ0v) is 14.3. The molecule has 0 aliphatic rings. The molecule has 0 fully saturated rings. The third-order valence-corrected chi connectivity index (χ3v) is 4.31. The van der Waals surface area contributed by atoms with Gasteiger partial charge >= 0.3 is 0 Å². The summed E-state index contributed by atoms with van der Waals surface area (Å²) in [5, 5.41) is 30.9. The molecule has 0 spiro atoms. The molecule has 0 aliphatic carbocycles. The molecule has 6 N–H and O–H groups in total. The lowest BCUT2D eigenvalue weighted by Crippen LogP contribution is -2.28. The van der Waals surface area contributed by atoms with E-state index in [0.29, 0.717) is 18.0 Å². The largest absolute Gasteiger partial charge is 0.409 e. The van der Waals surface area contributed by atoms with E-state index in [0.717, 1.165) is 0 Å². The number of amidine groups is 1. The molecule has 0 saturated carbocycles. The predicted octanol–water partition coefficient (Wildman–Crippen LogP) is 1.67.